The predicted molar refractivity (Wildman–Crippen MR) is 53.4 cm³/mol. The third-order valence-corrected chi connectivity index (χ3v) is 3.25. The summed E-state index contributed by atoms with van der Waals surface area (Å²) in [6, 6.07) is 2.22. The third kappa shape index (κ3) is 1.81. The molecule has 2 heterocycles. The van der Waals surface area contributed by atoms with Gasteiger partial charge in [0.2, 0.25) is 5.89 Å². The van der Waals surface area contributed by atoms with Gasteiger partial charge < -0.3 is 9.26 Å². The summed E-state index contributed by atoms with van der Waals surface area (Å²) in [5.41, 5.74) is 0. The molecule has 0 amide bonds. The SMILES string of the molecule is N#CC1CC1c1nc(CC2CCOC2)no1. The van der Waals surface area contributed by atoms with Gasteiger partial charge >= 0.3 is 0 Å². The average molecular weight is 219 g/mol. The zero-order valence-electron chi connectivity index (χ0n) is 8.93. The van der Waals surface area contributed by atoms with Gasteiger partial charge in [-0.3, -0.25) is 0 Å². The van der Waals surface area contributed by atoms with Gasteiger partial charge in [-0.15, -0.1) is 0 Å². The topological polar surface area (TPSA) is 71.9 Å². The Morgan fingerprint density at radius 2 is 2.44 bits per heavy atom. The Morgan fingerprint density at radius 1 is 1.50 bits per heavy atom. The summed E-state index contributed by atoms with van der Waals surface area (Å²) in [6.07, 6.45) is 2.77. The maximum Gasteiger partial charge on any atom is 0.231 e. The fourth-order valence-corrected chi connectivity index (χ4v) is 2.11. The van der Waals surface area contributed by atoms with Gasteiger partial charge in [0.25, 0.3) is 0 Å². The number of rotatable bonds is 3. The van der Waals surface area contributed by atoms with E-state index in [2.05, 4.69) is 16.2 Å². The van der Waals surface area contributed by atoms with Crippen LogP contribution in [-0.4, -0.2) is 23.4 Å². The highest BCUT2D eigenvalue weighted by atomic mass is 16.5. The molecular formula is C11H13N3O2. The van der Waals surface area contributed by atoms with E-state index in [4.69, 9.17) is 14.5 Å². The summed E-state index contributed by atoms with van der Waals surface area (Å²) < 4.78 is 10.5. The van der Waals surface area contributed by atoms with Crippen molar-refractivity contribution in [2.75, 3.05) is 13.2 Å². The van der Waals surface area contributed by atoms with Crippen molar-refractivity contribution < 1.29 is 9.26 Å². The first-order valence-corrected chi connectivity index (χ1v) is 5.66. The Kier molecular flexibility index (Phi) is 2.37. The molecule has 1 aliphatic heterocycles. The number of ether oxygens (including phenoxy) is 1. The maximum atomic E-state index is 8.72. The van der Waals surface area contributed by atoms with Gasteiger partial charge in [0.15, 0.2) is 5.82 Å². The van der Waals surface area contributed by atoms with Crippen LogP contribution in [-0.2, 0) is 11.2 Å². The molecule has 0 N–H and O–H groups in total. The highest BCUT2D eigenvalue weighted by molar-refractivity contribution is 5.15. The highest BCUT2D eigenvalue weighted by Gasteiger charge is 2.43. The predicted octanol–water partition coefficient (Wildman–Crippen LogP) is 1.28. The summed E-state index contributed by atoms with van der Waals surface area (Å²) in [5.74, 6) is 2.19. The lowest BCUT2D eigenvalue weighted by Crippen LogP contribution is -2.04. The number of hydrogen-bond acceptors (Lipinski definition) is 5. The standard InChI is InChI=1S/C11H13N3O2/c12-5-8-4-9(8)11-13-10(14-16-11)3-7-1-2-15-6-7/h7-9H,1-4,6H2. The second kappa shape index (κ2) is 3.87. The highest BCUT2D eigenvalue weighted by Crippen LogP contribution is 2.46. The van der Waals surface area contributed by atoms with Crippen molar-refractivity contribution in [1.29, 1.82) is 5.26 Å². The zero-order chi connectivity index (χ0) is 11.0. The van der Waals surface area contributed by atoms with Crippen LogP contribution < -0.4 is 0 Å². The minimum absolute atomic E-state index is 0.0862. The van der Waals surface area contributed by atoms with E-state index in [0.717, 1.165) is 38.3 Å². The first kappa shape index (κ1) is 9.79. The monoisotopic (exact) mass is 219 g/mol. The van der Waals surface area contributed by atoms with Crippen LogP contribution in [0.3, 0.4) is 0 Å². The Hall–Kier alpha value is -1.41. The molecule has 3 atom stereocenters. The minimum atomic E-state index is 0.0862. The molecule has 1 saturated heterocycles. The molecular weight excluding hydrogens is 206 g/mol. The van der Waals surface area contributed by atoms with E-state index in [-0.39, 0.29) is 11.8 Å². The number of nitriles is 1. The van der Waals surface area contributed by atoms with Gasteiger partial charge in [-0.1, -0.05) is 5.16 Å². The molecule has 16 heavy (non-hydrogen) atoms. The van der Waals surface area contributed by atoms with Crippen LogP contribution in [0.15, 0.2) is 4.52 Å². The van der Waals surface area contributed by atoms with Crippen molar-refractivity contribution in [2.45, 2.75) is 25.2 Å². The number of aromatic nitrogens is 2. The minimum Gasteiger partial charge on any atom is -0.381 e. The van der Waals surface area contributed by atoms with Gasteiger partial charge in [-0.25, -0.2) is 0 Å². The maximum absolute atomic E-state index is 8.72. The van der Waals surface area contributed by atoms with Crippen molar-refractivity contribution in [3.05, 3.63) is 11.7 Å². The van der Waals surface area contributed by atoms with Crippen molar-refractivity contribution in [3.8, 4) is 6.07 Å². The van der Waals surface area contributed by atoms with E-state index in [1.165, 1.54) is 0 Å². The smallest absolute Gasteiger partial charge is 0.231 e. The van der Waals surface area contributed by atoms with Gasteiger partial charge in [0.05, 0.1) is 17.9 Å². The van der Waals surface area contributed by atoms with Gasteiger partial charge in [-0.05, 0) is 18.8 Å². The van der Waals surface area contributed by atoms with E-state index in [1.54, 1.807) is 0 Å². The molecule has 0 radical (unpaired) electrons. The van der Waals surface area contributed by atoms with Crippen molar-refractivity contribution >= 4 is 0 Å². The molecule has 1 aromatic heterocycles. The lowest BCUT2D eigenvalue weighted by molar-refractivity contribution is 0.185. The molecule has 0 aromatic carbocycles. The lowest BCUT2D eigenvalue weighted by Gasteiger charge is -2.00. The summed E-state index contributed by atoms with van der Waals surface area (Å²) in [6.45, 7) is 1.64. The van der Waals surface area contributed by atoms with Gasteiger partial charge in [-0.2, -0.15) is 10.2 Å². The fraction of sp³-hybridized carbons (Fsp3) is 0.727. The second-order valence-electron chi connectivity index (χ2n) is 4.56. The normalized spacial score (nSPS) is 32.6. The van der Waals surface area contributed by atoms with Crippen LogP contribution in [0.25, 0.3) is 0 Å². The molecule has 3 rings (SSSR count). The Labute approximate surface area is 93.4 Å². The molecule has 5 heteroatoms. The van der Waals surface area contributed by atoms with Gasteiger partial charge in [0.1, 0.15) is 0 Å². The molecule has 3 unspecified atom stereocenters. The first-order valence-electron chi connectivity index (χ1n) is 5.66. The summed E-state index contributed by atoms with van der Waals surface area (Å²) in [5, 5.41) is 12.7. The van der Waals surface area contributed by atoms with Crippen LogP contribution in [0.4, 0.5) is 0 Å². The average Bonchev–Trinajstić information content (AvgIpc) is 2.72. The van der Waals surface area contributed by atoms with E-state index < -0.39 is 0 Å². The van der Waals surface area contributed by atoms with E-state index >= 15 is 0 Å². The molecule has 1 saturated carbocycles. The van der Waals surface area contributed by atoms with Crippen LogP contribution >= 0.6 is 0 Å². The van der Waals surface area contributed by atoms with Crippen molar-refractivity contribution in [2.24, 2.45) is 11.8 Å². The second-order valence-corrected chi connectivity index (χ2v) is 4.56. The van der Waals surface area contributed by atoms with Crippen LogP contribution in [0.2, 0.25) is 0 Å². The number of hydrogen-bond donors (Lipinski definition) is 0. The Balaban J connectivity index is 1.62. The summed E-state index contributed by atoms with van der Waals surface area (Å²) in [4.78, 5) is 4.35. The fourth-order valence-electron chi connectivity index (χ4n) is 2.11. The molecule has 0 bridgehead atoms. The van der Waals surface area contributed by atoms with Crippen LogP contribution in [0.1, 0.15) is 30.5 Å². The van der Waals surface area contributed by atoms with Crippen molar-refractivity contribution in [1.82, 2.24) is 10.1 Å². The molecule has 84 valence electrons. The zero-order valence-corrected chi connectivity index (χ0v) is 8.93. The Morgan fingerprint density at radius 3 is 3.12 bits per heavy atom. The summed E-state index contributed by atoms with van der Waals surface area (Å²) >= 11 is 0. The van der Waals surface area contributed by atoms with Crippen LogP contribution in [0.5, 0.6) is 0 Å². The van der Waals surface area contributed by atoms with E-state index in [9.17, 15) is 0 Å². The van der Waals surface area contributed by atoms with Crippen LogP contribution in [0, 0.1) is 23.2 Å². The van der Waals surface area contributed by atoms with E-state index in [0.29, 0.717) is 11.8 Å². The quantitative estimate of drug-likeness (QED) is 0.765. The molecule has 1 aromatic rings. The largest absolute Gasteiger partial charge is 0.381 e. The third-order valence-electron chi connectivity index (χ3n) is 3.25. The molecule has 5 nitrogen and oxygen atoms in total. The number of nitrogens with zero attached hydrogens (tertiary/aromatic N) is 3. The first-order chi connectivity index (χ1) is 7.86. The molecule has 0 spiro atoms. The van der Waals surface area contributed by atoms with E-state index in [1.807, 2.05) is 0 Å². The Bertz CT molecular complexity index is 417. The van der Waals surface area contributed by atoms with Gasteiger partial charge in [0, 0.05) is 19.6 Å². The molecule has 1 aliphatic carbocycles. The lowest BCUT2D eigenvalue weighted by atomic mass is 10.1. The van der Waals surface area contributed by atoms with Crippen molar-refractivity contribution in [3.63, 3.8) is 0 Å². The summed E-state index contributed by atoms with van der Waals surface area (Å²) in [7, 11) is 0. The molecule has 2 aliphatic rings. The molecule has 2 fully saturated rings.